The molecule has 1 aromatic carbocycles. The van der Waals surface area contributed by atoms with E-state index in [0.717, 1.165) is 18.8 Å². The molecule has 2 aromatic rings. The fourth-order valence-corrected chi connectivity index (χ4v) is 2.87. The number of likely N-dealkylation sites (tertiary alicyclic amines) is 1. The van der Waals surface area contributed by atoms with Gasteiger partial charge in [0.1, 0.15) is 11.6 Å². The van der Waals surface area contributed by atoms with Crippen LogP contribution in [0.3, 0.4) is 0 Å². The lowest BCUT2D eigenvalue weighted by atomic mass is 9.97. The molecule has 0 bridgehead atoms. The fourth-order valence-electron chi connectivity index (χ4n) is 2.87. The predicted molar refractivity (Wildman–Crippen MR) is 82.3 cm³/mol. The number of carboxylic acid groups (broad SMARTS) is 1. The van der Waals surface area contributed by atoms with Gasteiger partial charge in [0.15, 0.2) is 0 Å². The normalized spacial score (nSPS) is 16.6. The summed E-state index contributed by atoms with van der Waals surface area (Å²) in [7, 11) is 0. The number of carboxylic acids is 1. The number of piperidine rings is 1. The van der Waals surface area contributed by atoms with Gasteiger partial charge in [-0.1, -0.05) is 12.1 Å². The molecule has 122 valence electrons. The SMILES string of the molecule is Cc1oc(-c2ccccc2F)nc1CN1CCC(C(=O)O)CC1. The van der Waals surface area contributed by atoms with Crippen molar-refractivity contribution in [1.29, 1.82) is 0 Å². The van der Waals surface area contributed by atoms with Crippen LogP contribution >= 0.6 is 0 Å². The number of hydrogen-bond donors (Lipinski definition) is 1. The average Bonchev–Trinajstić information content (AvgIpc) is 2.89. The smallest absolute Gasteiger partial charge is 0.306 e. The maximum atomic E-state index is 13.8. The van der Waals surface area contributed by atoms with Gasteiger partial charge in [0.2, 0.25) is 5.89 Å². The summed E-state index contributed by atoms with van der Waals surface area (Å²) < 4.78 is 19.4. The van der Waals surface area contributed by atoms with Gasteiger partial charge in [-0.05, 0) is 45.0 Å². The van der Waals surface area contributed by atoms with Crippen molar-refractivity contribution in [3.05, 3.63) is 41.5 Å². The number of halogens is 1. The Morgan fingerprint density at radius 1 is 1.39 bits per heavy atom. The largest absolute Gasteiger partial charge is 0.481 e. The topological polar surface area (TPSA) is 66.6 Å². The van der Waals surface area contributed by atoms with Crippen LogP contribution in [0.1, 0.15) is 24.3 Å². The Morgan fingerprint density at radius 3 is 2.74 bits per heavy atom. The maximum absolute atomic E-state index is 13.8. The van der Waals surface area contributed by atoms with Crippen LogP contribution < -0.4 is 0 Å². The number of aromatic nitrogens is 1. The zero-order valence-corrected chi connectivity index (χ0v) is 13.0. The van der Waals surface area contributed by atoms with E-state index in [-0.39, 0.29) is 17.6 Å². The summed E-state index contributed by atoms with van der Waals surface area (Å²) in [6, 6.07) is 6.39. The van der Waals surface area contributed by atoms with Gasteiger partial charge in [0.05, 0.1) is 17.2 Å². The molecule has 5 nitrogen and oxygen atoms in total. The molecule has 2 heterocycles. The first-order valence-corrected chi connectivity index (χ1v) is 7.71. The number of nitrogens with zero attached hydrogens (tertiary/aromatic N) is 2. The van der Waals surface area contributed by atoms with Crippen LogP contribution in [0, 0.1) is 18.7 Å². The third kappa shape index (κ3) is 3.42. The lowest BCUT2D eigenvalue weighted by Crippen LogP contribution is -2.36. The minimum atomic E-state index is -0.718. The third-order valence-electron chi connectivity index (χ3n) is 4.31. The number of carbonyl (C=O) groups is 1. The number of benzene rings is 1. The molecule has 1 fully saturated rings. The van der Waals surface area contributed by atoms with Crippen molar-refractivity contribution < 1.29 is 18.7 Å². The van der Waals surface area contributed by atoms with Crippen LogP contribution in [0.25, 0.3) is 11.5 Å². The quantitative estimate of drug-likeness (QED) is 0.938. The van der Waals surface area contributed by atoms with Crippen LogP contribution in [-0.2, 0) is 11.3 Å². The molecule has 0 atom stereocenters. The highest BCUT2D eigenvalue weighted by atomic mass is 19.1. The van der Waals surface area contributed by atoms with E-state index in [1.807, 2.05) is 6.92 Å². The fraction of sp³-hybridized carbons (Fsp3) is 0.412. The monoisotopic (exact) mass is 318 g/mol. The standard InChI is InChI=1S/C17H19FN2O3/c1-11-15(10-20-8-6-12(7-9-20)17(21)22)19-16(23-11)13-4-2-3-5-14(13)18/h2-5,12H,6-10H2,1H3,(H,21,22). The van der Waals surface area contributed by atoms with E-state index in [0.29, 0.717) is 30.7 Å². The molecule has 0 amide bonds. The molecule has 1 aromatic heterocycles. The Balaban J connectivity index is 1.70. The van der Waals surface area contributed by atoms with E-state index in [4.69, 9.17) is 9.52 Å². The zero-order chi connectivity index (χ0) is 16.4. The molecule has 0 saturated carbocycles. The van der Waals surface area contributed by atoms with Crippen molar-refractivity contribution >= 4 is 5.97 Å². The number of oxazole rings is 1. The summed E-state index contributed by atoms with van der Waals surface area (Å²) in [4.78, 5) is 17.6. The van der Waals surface area contributed by atoms with Crippen LogP contribution in [0.5, 0.6) is 0 Å². The summed E-state index contributed by atoms with van der Waals surface area (Å²) >= 11 is 0. The van der Waals surface area contributed by atoms with Crippen molar-refractivity contribution in [3.63, 3.8) is 0 Å². The van der Waals surface area contributed by atoms with E-state index >= 15 is 0 Å². The maximum Gasteiger partial charge on any atom is 0.306 e. The summed E-state index contributed by atoms with van der Waals surface area (Å²) in [5.41, 5.74) is 1.13. The predicted octanol–water partition coefficient (Wildman–Crippen LogP) is 3.09. The molecule has 3 rings (SSSR count). The highest BCUT2D eigenvalue weighted by Crippen LogP contribution is 2.26. The van der Waals surface area contributed by atoms with Crippen molar-refractivity contribution in [2.24, 2.45) is 5.92 Å². The lowest BCUT2D eigenvalue weighted by molar-refractivity contribution is -0.143. The lowest BCUT2D eigenvalue weighted by Gasteiger charge is -2.29. The van der Waals surface area contributed by atoms with Crippen LogP contribution in [-0.4, -0.2) is 34.0 Å². The van der Waals surface area contributed by atoms with Gasteiger partial charge >= 0.3 is 5.97 Å². The molecule has 1 N–H and O–H groups in total. The first-order chi connectivity index (χ1) is 11.0. The molecule has 0 aliphatic carbocycles. The number of hydrogen-bond acceptors (Lipinski definition) is 4. The van der Waals surface area contributed by atoms with Gasteiger partial charge in [-0.25, -0.2) is 9.37 Å². The molecule has 6 heteroatoms. The van der Waals surface area contributed by atoms with Crippen molar-refractivity contribution in [1.82, 2.24) is 9.88 Å². The van der Waals surface area contributed by atoms with Gasteiger partial charge in [0.25, 0.3) is 0 Å². The number of aliphatic carboxylic acids is 1. The Hall–Kier alpha value is -2.21. The molecule has 0 radical (unpaired) electrons. The second kappa shape index (κ2) is 6.50. The molecule has 0 spiro atoms. The molecular weight excluding hydrogens is 299 g/mol. The van der Waals surface area contributed by atoms with Gasteiger partial charge in [-0.3, -0.25) is 9.69 Å². The van der Waals surface area contributed by atoms with Gasteiger partial charge in [0, 0.05) is 6.54 Å². The molecule has 23 heavy (non-hydrogen) atoms. The molecule has 1 aliphatic heterocycles. The van der Waals surface area contributed by atoms with Crippen LogP contribution in [0.2, 0.25) is 0 Å². The van der Waals surface area contributed by atoms with E-state index in [9.17, 15) is 9.18 Å². The highest BCUT2D eigenvalue weighted by molar-refractivity contribution is 5.70. The van der Waals surface area contributed by atoms with E-state index in [2.05, 4.69) is 9.88 Å². The minimum absolute atomic E-state index is 0.251. The molecule has 0 unspecified atom stereocenters. The molecular formula is C17H19FN2O3. The minimum Gasteiger partial charge on any atom is -0.481 e. The molecule has 1 saturated heterocycles. The van der Waals surface area contributed by atoms with Gasteiger partial charge in [-0.2, -0.15) is 0 Å². The first kappa shape index (κ1) is 15.7. The summed E-state index contributed by atoms with van der Waals surface area (Å²) in [6.45, 7) is 3.85. The van der Waals surface area contributed by atoms with Gasteiger partial charge < -0.3 is 9.52 Å². The van der Waals surface area contributed by atoms with Crippen molar-refractivity contribution in [2.75, 3.05) is 13.1 Å². The Morgan fingerprint density at radius 2 is 2.09 bits per heavy atom. The molecule has 1 aliphatic rings. The number of aryl methyl sites for hydroxylation is 1. The van der Waals surface area contributed by atoms with E-state index in [1.165, 1.54) is 6.07 Å². The third-order valence-corrected chi connectivity index (χ3v) is 4.31. The summed E-state index contributed by atoms with van der Waals surface area (Å²) in [6.07, 6.45) is 1.29. The van der Waals surface area contributed by atoms with Crippen molar-refractivity contribution in [2.45, 2.75) is 26.3 Å². The Labute approximate surface area is 133 Å². The highest BCUT2D eigenvalue weighted by Gasteiger charge is 2.25. The Kier molecular flexibility index (Phi) is 4.43. The average molecular weight is 318 g/mol. The summed E-state index contributed by atoms with van der Waals surface area (Å²) in [5.74, 6) is -0.370. The summed E-state index contributed by atoms with van der Waals surface area (Å²) in [5, 5.41) is 9.03. The number of rotatable bonds is 4. The van der Waals surface area contributed by atoms with Gasteiger partial charge in [-0.15, -0.1) is 0 Å². The second-order valence-corrected chi connectivity index (χ2v) is 5.89. The van der Waals surface area contributed by atoms with E-state index < -0.39 is 5.97 Å². The van der Waals surface area contributed by atoms with E-state index in [1.54, 1.807) is 18.2 Å². The first-order valence-electron chi connectivity index (χ1n) is 7.71. The Bertz CT molecular complexity index is 706. The van der Waals surface area contributed by atoms with Crippen molar-refractivity contribution in [3.8, 4) is 11.5 Å². The second-order valence-electron chi connectivity index (χ2n) is 5.89. The van der Waals surface area contributed by atoms with Crippen LogP contribution in [0.4, 0.5) is 4.39 Å². The van der Waals surface area contributed by atoms with Crippen LogP contribution in [0.15, 0.2) is 28.7 Å². The zero-order valence-electron chi connectivity index (χ0n) is 13.0.